The summed E-state index contributed by atoms with van der Waals surface area (Å²) < 4.78 is 40.0. The zero-order valence-corrected chi connectivity index (χ0v) is 22.4. The van der Waals surface area contributed by atoms with E-state index in [1.54, 1.807) is 18.2 Å². The summed E-state index contributed by atoms with van der Waals surface area (Å²) in [6.07, 6.45) is -4.14. The number of halogens is 4. The summed E-state index contributed by atoms with van der Waals surface area (Å²) >= 11 is 3.38. The average Bonchev–Trinajstić information content (AvgIpc) is 3.25. The minimum atomic E-state index is -4.55. The van der Waals surface area contributed by atoms with Crippen LogP contribution in [0.3, 0.4) is 0 Å². The summed E-state index contributed by atoms with van der Waals surface area (Å²) in [6, 6.07) is 9.89. The first kappa shape index (κ1) is 28.4. The molecule has 1 atom stereocenters. The van der Waals surface area contributed by atoms with Crippen LogP contribution >= 0.6 is 15.9 Å². The number of nitrogens with one attached hydrogen (secondary N) is 1. The van der Waals surface area contributed by atoms with Gasteiger partial charge in [-0.2, -0.15) is 18.4 Å². The molecular weight excluding hydrogens is 549 g/mol. The van der Waals surface area contributed by atoms with E-state index in [9.17, 15) is 22.8 Å². The molecule has 0 bridgehead atoms. The number of nitriles is 1. The largest absolute Gasteiger partial charge is 0.416 e. The first-order valence-corrected chi connectivity index (χ1v) is 12.8. The number of hydrogen-bond acceptors (Lipinski definition) is 4. The Morgan fingerprint density at radius 1 is 1.08 bits per heavy atom. The summed E-state index contributed by atoms with van der Waals surface area (Å²) in [5.41, 5.74) is 0.902. The van der Waals surface area contributed by atoms with Crippen molar-refractivity contribution in [1.82, 2.24) is 10.2 Å². The van der Waals surface area contributed by atoms with Crippen molar-refractivity contribution >= 4 is 33.4 Å². The lowest BCUT2D eigenvalue weighted by atomic mass is 9.94. The molecule has 0 saturated carbocycles. The maximum atomic E-state index is 13.1. The zero-order chi connectivity index (χ0) is 27.3. The molecule has 196 valence electrons. The van der Waals surface area contributed by atoms with E-state index >= 15 is 0 Å². The van der Waals surface area contributed by atoms with Gasteiger partial charge in [0.25, 0.3) is 0 Å². The maximum Gasteiger partial charge on any atom is 0.416 e. The number of urea groups is 1. The van der Waals surface area contributed by atoms with Gasteiger partial charge in [0, 0.05) is 22.2 Å². The number of hydrogen-bond donors (Lipinski definition) is 1. The van der Waals surface area contributed by atoms with Crippen LogP contribution in [0, 0.1) is 11.3 Å². The van der Waals surface area contributed by atoms with Crippen molar-refractivity contribution in [3.63, 3.8) is 0 Å². The lowest BCUT2D eigenvalue weighted by Crippen LogP contribution is -2.47. The molecule has 0 fully saturated rings. The van der Waals surface area contributed by atoms with E-state index in [0.717, 1.165) is 17.0 Å². The van der Waals surface area contributed by atoms with E-state index in [2.05, 4.69) is 46.9 Å². The molecule has 2 amide bonds. The zero-order valence-electron chi connectivity index (χ0n) is 20.8. The SMILES string of the molecule is CCN(CC)CC.N#Cc1ccc(C2NC(=O)N(c3cccc(C(F)(F)F)c3)C3=C2C(=O)CC3)c(Br)c1. The predicted molar refractivity (Wildman–Crippen MR) is 139 cm³/mol. The van der Waals surface area contributed by atoms with E-state index in [-0.39, 0.29) is 24.3 Å². The second-order valence-electron chi connectivity index (χ2n) is 8.52. The fraction of sp³-hybridized carbons (Fsp3) is 0.370. The van der Waals surface area contributed by atoms with Gasteiger partial charge in [-0.3, -0.25) is 9.69 Å². The van der Waals surface area contributed by atoms with Crippen molar-refractivity contribution in [2.24, 2.45) is 0 Å². The molecule has 4 rings (SSSR count). The molecule has 0 saturated heterocycles. The molecule has 6 nitrogen and oxygen atoms in total. The number of benzene rings is 2. The van der Waals surface area contributed by atoms with E-state index in [1.807, 2.05) is 6.07 Å². The number of carbonyl (C=O) groups is 2. The van der Waals surface area contributed by atoms with Crippen molar-refractivity contribution in [2.75, 3.05) is 24.5 Å². The van der Waals surface area contributed by atoms with Crippen LogP contribution in [0.1, 0.15) is 56.3 Å². The van der Waals surface area contributed by atoms with E-state index in [4.69, 9.17) is 5.26 Å². The fourth-order valence-corrected chi connectivity index (χ4v) is 5.04. The number of Topliss-reactive ketones (excluding diaryl/α,β-unsaturated/α-hetero) is 1. The van der Waals surface area contributed by atoms with Crippen LogP contribution in [-0.4, -0.2) is 36.3 Å². The lowest BCUT2D eigenvalue weighted by Gasteiger charge is -2.35. The highest BCUT2D eigenvalue weighted by atomic mass is 79.9. The second kappa shape index (κ2) is 11.9. The first-order chi connectivity index (χ1) is 17.5. The van der Waals surface area contributed by atoms with Gasteiger partial charge in [-0.25, -0.2) is 4.79 Å². The molecule has 2 aromatic carbocycles. The van der Waals surface area contributed by atoms with Crippen LogP contribution in [-0.2, 0) is 11.0 Å². The van der Waals surface area contributed by atoms with Gasteiger partial charge >= 0.3 is 12.2 Å². The number of amides is 2. The molecule has 37 heavy (non-hydrogen) atoms. The van der Waals surface area contributed by atoms with E-state index < -0.39 is 23.8 Å². The third-order valence-corrected chi connectivity index (χ3v) is 7.13. The average molecular weight is 577 g/mol. The standard InChI is InChI=1S/C21H13BrF3N3O2.C6H15N/c22-15-8-11(10-26)4-5-14(15)19-18-16(6-7-17(18)29)28(20(30)27-19)13-3-1-2-12(9-13)21(23,24)25;1-4-7(5-2)6-3/h1-5,8-9,19H,6-7H2,(H,27,30);4-6H2,1-3H3. The normalized spacial score (nSPS) is 17.3. The number of carbonyl (C=O) groups excluding carboxylic acids is 2. The van der Waals surface area contributed by atoms with Gasteiger partial charge in [-0.15, -0.1) is 0 Å². The van der Waals surface area contributed by atoms with E-state index in [1.165, 1.54) is 31.8 Å². The number of allylic oxidation sites excluding steroid dienone is 1. The van der Waals surface area contributed by atoms with Gasteiger partial charge in [-0.1, -0.05) is 48.8 Å². The highest BCUT2D eigenvalue weighted by Gasteiger charge is 2.42. The van der Waals surface area contributed by atoms with Gasteiger partial charge < -0.3 is 10.2 Å². The summed E-state index contributed by atoms with van der Waals surface area (Å²) in [6.45, 7) is 10.1. The fourth-order valence-electron chi connectivity index (χ4n) is 4.43. The molecule has 2 aromatic rings. The highest BCUT2D eigenvalue weighted by molar-refractivity contribution is 9.10. The molecule has 1 heterocycles. The minimum Gasteiger partial charge on any atom is -0.326 e. The van der Waals surface area contributed by atoms with Crippen molar-refractivity contribution in [3.8, 4) is 6.07 Å². The van der Waals surface area contributed by atoms with Gasteiger partial charge in [0.05, 0.1) is 28.9 Å². The Labute approximate surface area is 222 Å². The van der Waals surface area contributed by atoms with Gasteiger partial charge in [0.2, 0.25) is 0 Å². The molecule has 1 aliphatic heterocycles. The topological polar surface area (TPSA) is 76.4 Å². The molecule has 1 N–H and O–H groups in total. The molecule has 10 heteroatoms. The number of ketones is 1. The summed E-state index contributed by atoms with van der Waals surface area (Å²) in [5.74, 6) is -0.178. The van der Waals surface area contributed by atoms with Crippen LogP contribution in [0.2, 0.25) is 0 Å². The smallest absolute Gasteiger partial charge is 0.326 e. The number of nitrogens with zero attached hydrogens (tertiary/aromatic N) is 3. The Morgan fingerprint density at radius 3 is 2.30 bits per heavy atom. The number of rotatable bonds is 5. The first-order valence-electron chi connectivity index (χ1n) is 12.0. The monoisotopic (exact) mass is 576 g/mol. The van der Waals surface area contributed by atoms with Gasteiger partial charge in [-0.05, 0) is 62.0 Å². The molecule has 2 aliphatic rings. The van der Waals surface area contributed by atoms with Crippen molar-refractivity contribution in [2.45, 2.75) is 45.8 Å². The van der Waals surface area contributed by atoms with Gasteiger partial charge in [0.15, 0.2) is 5.78 Å². The van der Waals surface area contributed by atoms with Crippen LogP contribution in [0.5, 0.6) is 0 Å². The van der Waals surface area contributed by atoms with Gasteiger partial charge in [0.1, 0.15) is 0 Å². The van der Waals surface area contributed by atoms with Crippen LogP contribution in [0.15, 0.2) is 58.2 Å². The molecule has 0 spiro atoms. The van der Waals surface area contributed by atoms with Crippen LogP contribution in [0.4, 0.5) is 23.7 Å². The molecule has 1 aliphatic carbocycles. The second-order valence-corrected chi connectivity index (χ2v) is 9.37. The van der Waals surface area contributed by atoms with E-state index in [0.29, 0.717) is 26.9 Å². The Hall–Kier alpha value is -3.16. The third kappa shape index (κ3) is 6.22. The molecular formula is C27H28BrF3N4O2. The Bertz CT molecular complexity index is 1240. The van der Waals surface area contributed by atoms with Crippen molar-refractivity contribution in [3.05, 3.63) is 74.9 Å². The Balaban J connectivity index is 0.000000479. The summed E-state index contributed by atoms with van der Waals surface area (Å²) in [4.78, 5) is 29.1. The Kier molecular flexibility index (Phi) is 9.16. The number of anilines is 1. The van der Waals surface area contributed by atoms with Crippen LogP contribution < -0.4 is 10.2 Å². The highest BCUT2D eigenvalue weighted by Crippen LogP contribution is 2.43. The van der Waals surface area contributed by atoms with Crippen molar-refractivity contribution in [1.29, 1.82) is 5.26 Å². The predicted octanol–water partition coefficient (Wildman–Crippen LogP) is 6.58. The molecule has 0 radical (unpaired) electrons. The quantitative estimate of drug-likeness (QED) is 0.436. The maximum absolute atomic E-state index is 13.1. The number of alkyl halides is 3. The molecule has 0 aromatic heterocycles. The molecule has 1 unspecified atom stereocenters. The lowest BCUT2D eigenvalue weighted by molar-refractivity contribution is -0.137. The third-order valence-electron chi connectivity index (χ3n) is 6.44. The van der Waals surface area contributed by atoms with Crippen LogP contribution in [0.25, 0.3) is 0 Å². The summed E-state index contributed by atoms with van der Waals surface area (Å²) in [5, 5.41) is 11.8. The van der Waals surface area contributed by atoms with Crippen molar-refractivity contribution < 1.29 is 22.8 Å². The Morgan fingerprint density at radius 2 is 1.76 bits per heavy atom. The summed E-state index contributed by atoms with van der Waals surface area (Å²) in [7, 11) is 0. The minimum absolute atomic E-state index is 0.0434.